The molecule has 2 aromatic rings. The number of hydrogen-bond donors (Lipinski definition) is 1. The Hall–Kier alpha value is -1.14. The van der Waals surface area contributed by atoms with Crippen molar-refractivity contribution in [2.75, 3.05) is 5.73 Å². The molecule has 6 heteroatoms. The zero-order chi connectivity index (χ0) is 14.2. The van der Waals surface area contributed by atoms with Crippen LogP contribution in [0.25, 0.3) is 0 Å². The van der Waals surface area contributed by atoms with Crippen LogP contribution in [0.15, 0.2) is 27.6 Å². The molecule has 0 amide bonds. The second kappa shape index (κ2) is 5.46. The Morgan fingerprint density at radius 1 is 1.42 bits per heavy atom. The zero-order valence-electron chi connectivity index (χ0n) is 11.1. The number of hydrogen-bond acceptors (Lipinski definition) is 3. The molecule has 0 saturated heterocycles. The van der Waals surface area contributed by atoms with Gasteiger partial charge in [0, 0.05) is 7.05 Å². The summed E-state index contributed by atoms with van der Waals surface area (Å²) in [5.41, 5.74) is 9.36. The smallest absolute Gasteiger partial charge is 0.0738 e. The number of rotatable bonds is 3. The number of nitrogens with zero attached hydrogens (tertiary/aromatic N) is 2. The third-order valence-electron chi connectivity index (χ3n) is 3.06. The van der Waals surface area contributed by atoms with E-state index in [1.54, 1.807) is 4.68 Å². The molecular weight excluding hydrogens is 326 g/mol. The number of anilines is 1. The molecule has 1 atom stereocenters. The first-order valence-corrected chi connectivity index (χ1v) is 7.94. The highest BCUT2D eigenvalue weighted by molar-refractivity contribution is 9.10. The number of nitrogen functional groups attached to an aromatic ring is 1. The van der Waals surface area contributed by atoms with Crippen LogP contribution in [0.1, 0.15) is 17.0 Å². The SMILES string of the molecule is Cc1cccc(S(=O)Cc2c(Br)c(C)nn2C)c1N. The minimum atomic E-state index is -1.18. The molecule has 0 radical (unpaired) electrons. The Morgan fingerprint density at radius 2 is 2.11 bits per heavy atom. The maximum absolute atomic E-state index is 12.5. The van der Waals surface area contributed by atoms with E-state index in [1.807, 2.05) is 39.1 Å². The summed E-state index contributed by atoms with van der Waals surface area (Å²) < 4.78 is 15.1. The molecule has 4 nitrogen and oxygen atoms in total. The van der Waals surface area contributed by atoms with Gasteiger partial charge in [0.2, 0.25) is 0 Å². The van der Waals surface area contributed by atoms with Crippen LogP contribution >= 0.6 is 15.9 Å². The van der Waals surface area contributed by atoms with Crippen molar-refractivity contribution in [1.29, 1.82) is 0 Å². The summed E-state index contributed by atoms with van der Waals surface area (Å²) in [6.45, 7) is 3.83. The third-order valence-corrected chi connectivity index (χ3v) is 5.47. The molecule has 0 fully saturated rings. The Balaban J connectivity index is 2.34. The van der Waals surface area contributed by atoms with Gasteiger partial charge in [0.25, 0.3) is 0 Å². The maximum Gasteiger partial charge on any atom is 0.0738 e. The van der Waals surface area contributed by atoms with Crippen molar-refractivity contribution < 1.29 is 4.21 Å². The fourth-order valence-corrected chi connectivity index (χ4v) is 3.92. The van der Waals surface area contributed by atoms with Crippen LogP contribution in [0.2, 0.25) is 0 Å². The molecule has 0 bridgehead atoms. The Kier molecular flexibility index (Phi) is 4.10. The molecule has 1 aromatic carbocycles. The lowest BCUT2D eigenvalue weighted by Crippen LogP contribution is -2.06. The van der Waals surface area contributed by atoms with Gasteiger partial charge in [0.15, 0.2) is 0 Å². The van der Waals surface area contributed by atoms with Gasteiger partial charge >= 0.3 is 0 Å². The third kappa shape index (κ3) is 2.74. The molecule has 0 spiro atoms. The highest BCUT2D eigenvalue weighted by atomic mass is 79.9. The van der Waals surface area contributed by atoms with Gasteiger partial charge in [-0.15, -0.1) is 0 Å². The van der Waals surface area contributed by atoms with Crippen molar-refractivity contribution in [1.82, 2.24) is 9.78 Å². The Morgan fingerprint density at radius 3 is 2.68 bits per heavy atom. The van der Waals surface area contributed by atoms with Gasteiger partial charge in [-0.3, -0.25) is 8.89 Å². The monoisotopic (exact) mass is 341 g/mol. The Labute approximate surface area is 123 Å². The lowest BCUT2D eigenvalue weighted by Gasteiger charge is -2.08. The van der Waals surface area contributed by atoms with Crippen LogP contribution in [0.4, 0.5) is 5.69 Å². The summed E-state index contributed by atoms with van der Waals surface area (Å²) in [6, 6.07) is 5.61. The van der Waals surface area contributed by atoms with E-state index in [0.29, 0.717) is 16.3 Å². The topological polar surface area (TPSA) is 60.9 Å². The average Bonchev–Trinajstić information content (AvgIpc) is 2.59. The largest absolute Gasteiger partial charge is 0.398 e. The predicted molar refractivity (Wildman–Crippen MR) is 81.3 cm³/mol. The summed E-state index contributed by atoms with van der Waals surface area (Å²) in [7, 11) is 0.672. The van der Waals surface area contributed by atoms with Gasteiger partial charge in [-0.05, 0) is 41.4 Å². The van der Waals surface area contributed by atoms with Crippen LogP contribution in [-0.4, -0.2) is 14.0 Å². The molecule has 1 heterocycles. The van der Waals surface area contributed by atoms with Gasteiger partial charge in [0.05, 0.1) is 43.0 Å². The van der Waals surface area contributed by atoms with Gasteiger partial charge in [-0.2, -0.15) is 5.10 Å². The highest BCUT2D eigenvalue weighted by Gasteiger charge is 2.16. The number of nitrogens with two attached hydrogens (primary N) is 1. The van der Waals surface area contributed by atoms with E-state index < -0.39 is 10.8 Å². The summed E-state index contributed by atoms with van der Waals surface area (Å²) >= 11 is 3.49. The number of para-hydroxylation sites is 1. The van der Waals surface area contributed by atoms with Crippen LogP contribution in [0, 0.1) is 13.8 Å². The molecule has 0 aliphatic heterocycles. The molecular formula is C13H16BrN3OS. The molecule has 2 rings (SSSR count). The molecule has 1 unspecified atom stereocenters. The molecule has 2 N–H and O–H groups in total. The van der Waals surface area contributed by atoms with Gasteiger partial charge in [-0.25, -0.2) is 0 Å². The highest BCUT2D eigenvalue weighted by Crippen LogP contribution is 2.26. The molecule has 0 aliphatic carbocycles. The van der Waals surface area contributed by atoms with Crippen molar-refractivity contribution in [3.05, 3.63) is 39.6 Å². The van der Waals surface area contributed by atoms with E-state index in [1.165, 1.54) is 0 Å². The number of aromatic nitrogens is 2. The zero-order valence-corrected chi connectivity index (χ0v) is 13.5. The Bertz CT molecular complexity index is 652. The number of aryl methyl sites for hydroxylation is 3. The first kappa shape index (κ1) is 14.3. The fourth-order valence-electron chi connectivity index (χ4n) is 1.89. The van der Waals surface area contributed by atoms with Crippen LogP contribution in [0.5, 0.6) is 0 Å². The van der Waals surface area contributed by atoms with E-state index >= 15 is 0 Å². The minimum absolute atomic E-state index is 0.394. The van der Waals surface area contributed by atoms with E-state index in [0.717, 1.165) is 21.4 Å². The first-order valence-electron chi connectivity index (χ1n) is 5.83. The number of halogens is 1. The molecule has 1 aromatic heterocycles. The fraction of sp³-hybridized carbons (Fsp3) is 0.308. The lowest BCUT2D eigenvalue weighted by molar-refractivity contribution is 0.676. The van der Waals surface area contributed by atoms with Crippen LogP contribution in [0.3, 0.4) is 0 Å². The molecule has 102 valence electrons. The van der Waals surface area contributed by atoms with Gasteiger partial charge in [0.1, 0.15) is 0 Å². The van der Waals surface area contributed by atoms with E-state index in [9.17, 15) is 4.21 Å². The second-order valence-electron chi connectivity index (χ2n) is 4.45. The lowest BCUT2D eigenvalue weighted by atomic mass is 10.2. The van der Waals surface area contributed by atoms with Crippen molar-refractivity contribution in [2.45, 2.75) is 24.5 Å². The first-order chi connectivity index (χ1) is 8.91. The minimum Gasteiger partial charge on any atom is -0.398 e. The predicted octanol–water partition coefficient (Wildman–Crippen LogP) is 2.69. The quantitative estimate of drug-likeness (QED) is 0.873. The van der Waals surface area contributed by atoms with E-state index in [2.05, 4.69) is 21.0 Å². The van der Waals surface area contributed by atoms with E-state index in [-0.39, 0.29) is 0 Å². The average molecular weight is 342 g/mol. The van der Waals surface area contributed by atoms with Crippen molar-refractivity contribution in [2.24, 2.45) is 7.05 Å². The van der Waals surface area contributed by atoms with Gasteiger partial charge < -0.3 is 5.73 Å². The maximum atomic E-state index is 12.5. The van der Waals surface area contributed by atoms with Crippen molar-refractivity contribution >= 4 is 32.4 Å². The summed E-state index contributed by atoms with van der Waals surface area (Å²) in [6.07, 6.45) is 0. The molecule has 0 aliphatic rings. The van der Waals surface area contributed by atoms with Crippen LogP contribution < -0.4 is 5.73 Å². The molecule has 0 saturated carbocycles. The summed E-state index contributed by atoms with van der Waals surface area (Å²) in [4.78, 5) is 0.686. The molecule has 19 heavy (non-hydrogen) atoms. The summed E-state index contributed by atoms with van der Waals surface area (Å²) in [5.74, 6) is 0.394. The van der Waals surface area contributed by atoms with Gasteiger partial charge in [-0.1, -0.05) is 12.1 Å². The second-order valence-corrected chi connectivity index (χ2v) is 6.66. The number of benzene rings is 1. The van der Waals surface area contributed by atoms with E-state index in [4.69, 9.17) is 5.73 Å². The van der Waals surface area contributed by atoms with Crippen LogP contribution in [-0.2, 0) is 23.6 Å². The van der Waals surface area contributed by atoms with Crippen molar-refractivity contribution in [3.63, 3.8) is 0 Å². The normalized spacial score (nSPS) is 12.6. The van der Waals surface area contributed by atoms with Crippen molar-refractivity contribution in [3.8, 4) is 0 Å². The summed E-state index contributed by atoms with van der Waals surface area (Å²) in [5, 5.41) is 4.30. The standard InChI is InChI=1S/C13H16BrN3OS/c1-8-5-4-6-11(13(8)15)19(18)7-10-12(14)9(2)16-17(10)3/h4-6H,7,15H2,1-3H3.